The van der Waals surface area contributed by atoms with Gasteiger partial charge in [0.1, 0.15) is 0 Å². The molecular weight excluding hydrogens is 260 g/mol. The fourth-order valence-corrected chi connectivity index (χ4v) is 4.65. The Hall–Kier alpha value is -0.120. The van der Waals surface area contributed by atoms with Crippen molar-refractivity contribution in [1.82, 2.24) is 10.2 Å². The molecule has 2 heterocycles. The minimum absolute atomic E-state index is 0.286. The van der Waals surface area contributed by atoms with Crippen molar-refractivity contribution in [2.45, 2.75) is 76.4 Å². The summed E-state index contributed by atoms with van der Waals surface area (Å²) in [6.45, 7) is 8.33. The monoisotopic (exact) mass is 294 g/mol. The molecule has 0 bridgehead atoms. The molecular formula is C18H34N2O. The summed E-state index contributed by atoms with van der Waals surface area (Å²) in [4.78, 5) is 2.64. The standard InChI is InChI=1S/C18H34N2O/c1-2-20(14-16-7-6-12-19-13-16)15-17-8-11-18(21-17)9-4-3-5-10-18/h16-17,19H,2-15H2,1H3. The van der Waals surface area contributed by atoms with Crippen molar-refractivity contribution < 1.29 is 4.74 Å². The third kappa shape index (κ3) is 4.20. The van der Waals surface area contributed by atoms with E-state index in [1.165, 1.54) is 84.0 Å². The first-order valence-electron chi connectivity index (χ1n) is 9.40. The summed E-state index contributed by atoms with van der Waals surface area (Å²) in [6, 6.07) is 0. The van der Waals surface area contributed by atoms with Gasteiger partial charge in [0, 0.05) is 13.1 Å². The minimum atomic E-state index is 0.286. The van der Waals surface area contributed by atoms with Crippen molar-refractivity contribution in [2.24, 2.45) is 5.92 Å². The van der Waals surface area contributed by atoms with Crippen molar-refractivity contribution in [3.8, 4) is 0 Å². The smallest absolute Gasteiger partial charge is 0.0710 e. The molecule has 0 amide bonds. The maximum Gasteiger partial charge on any atom is 0.0710 e. The number of nitrogens with one attached hydrogen (secondary N) is 1. The van der Waals surface area contributed by atoms with Gasteiger partial charge in [0.25, 0.3) is 0 Å². The molecule has 3 heteroatoms. The summed E-state index contributed by atoms with van der Waals surface area (Å²) >= 11 is 0. The first kappa shape index (κ1) is 15.8. The fourth-order valence-electron chi connectivity index (χ4n) is 4.65. The summed E-state index contributed by atoms with van der Waals surface area (Å²) in [7, 11) is 0. The molecule has 0 aromatic carbocycles. The van der Waals surface area contributed by atoms with Crippen LogP contribution in [-0.4, -0.2) is 49.3 Å². The largest absolute Gasteiger partial charge is 0.370 e. The molecule has 3 nitrogen and oxygen atoms in total. The molecule has 3 aliphatic rings. The molecule has 1 saturated carbocycles. The van der Waals surface area contributed by atoms with Crippen LogP contribution in [0.15, 0.2) is 0 Å². The molecule has 2 aliphatic heterocycles. The van der Waals surface area contributed by atoms with Crippen LogP contribution >= 0.6 is 0 Å². The lowest BCUT2D eigenvalue weighted by molar-refractivity contribution is -0.0724. The van der Waals surface area contributed by atoms with Crippen LogP contribution in [0.5, 0.6) is 0 Å². The lowest BCUT2D eigenvalue weighted by Gasteiger charge is -2.35. The minimum Gasteiger partial charge on any atom is -0.370 e. The lowest BCUT2D eigenvalue weighted by atomic mass is 9.83. The third-order valence-corrected chi connectivity index (χ3v) is 5.93. The third-order valence-electron chi connectivity index (χ3n) is 5.93. The molecule has 0 aromatic heterocycles. The van der Waals surface area contributed by atoms with Crippen LogP contribution in [0.4, 0.5) is 0 Å². The number of nitrogens with zero attached hydrogens (tertiary/aromatic N) is 1. The predicted octanol–water partition coefficient (Wildman–Crippen LogP) is 3.19. The summed E-state index contributed by atoms with van der Waals surface area (Å²) in [5, 5.41) is 3.55. The molecule has 3 fully saturated rings. The Kier molecular flexibility index (Phi) is 5.58. The fraction of sp³-hybridized carbons (Fsp3) is 1.00. The lowest BCUT2D eigenvalue weighted by Crippen LogP contribution is -2.42. The second-order valence-corrected chi connectivity index (χ2v) is 7.59. The molecule has 2 atom stereocenters. The van der Waals surface area contributed by atoms with E-state index in [1.54, 1.807) is 0 Å². The SMILES string of the molecule is CCN(CC1CCCNC1)CC1CCC2(CCCCC2)O1. The number of hydrogen-bond donors (Lipinski definition) is 1. The van der Waals surface area contributed by atoms with Crippen LogP contribution in [0, 0.1) is 5.92 Å². The van der Waals surface area contributed by atoms with E-state index in [-0.39, 0.29) is 5.60 Å². The van der Waals surface area contributed by atoms with Gasteiger partial charge in [-0.25, -0.2) is 0 Å². The number of piperidine rings is 1. The number of ether oxygens (including phenoxy) is 1. The highest BCUT2D eigenvalue weighted by Crippen LogP contribution is 2.42. The van der Waals surface area contributed by atoms with Gasteiger partial charge in [-0.2, -0.15) is 0 Å². The number of likely N-dealkylation sites (N-methyl/N-ethyl adjacent to an activating group) is 1. The molecule has 1 aliphatic carbocycles. The molecule has 2 unspecified atom stereocenters. The Balaban J connectivity index is 1.45. The van der Waals surface area contributed by atoms with E-state index in [0.717, 1.165) is 12.5 Å². The number of rotatable bonds is 5. The molecule has 0 aromatic rings. The van der Waals surface area contributed by atoms with Crippen LogP contribution in [0.25, 0.3) is 0 Å². The summed E-state index contributed by atoms with van der Waals surface area (Å²) in [6.07, 6.45) is 12.7. The molecule has 21 heavy (non-hydrogen) atoms. The van der Waals surface area contributed by atoms with Gasteiger partial charge in [0.15, 0.2) is 0 Å². The van der Waals surface area contributed by atoms with Gasteiger partial charge in [-0.15, -0.1) is 0 Å². The maximum atomic E-state index is 6.55. The van der Waals surface area contributed by atoms with Gasteiger partial charge >= 0.3 is 0 Å². The quantitative estimate of drug-likeness (QED) is 0.843. The predicted molar refractivity (Wildman–Crippen MR) is 87.6 cm³/mol. The molecule has 2 saturated heterocycles. The Morgan fingerprint density at radius 2 is 1.90 bits per heavy atom. The summed E-state index contributed by atoms with van der Waals surface area (Å²) < 4.78 is 6.55. The van der Waals surface area contributed by atoms with Crippen molar-refractivity contribution in [1.29, 1.82) is 0 Å². The Morgan fingerprint density at radius 3 is 2.62 bits per heavy atom. The second-order valence-electron chi connectivity index (χ2n) is 7.59. The summed E-state index contributed by atoms with van der Waals surface area (Å²) in [5.74, 6) is 0.851. The van der Waals surface area contributed by atoms with Crippen molar-refractivity contribution in [2.75, 3.05) is 32.7 Å². The Morgan fingerprint density at radius 1 is 1.05 bits per heavy atom. The van der Waals surface area contributed by atoms with E-state index >= 15 is 0 Å². The van der Waals surface area contributed by atoms with E-state index in [9.17, 15) is 0 Å². The maximum absolute atomic E-state index is 6.55. The van der Waals surface area contributed by atoms with E-state index in [1.807, 2.05) is 0 Å². The van der Waals surface area contributed by atoms with Gasteiger partial charge in [0.2, 0.25) is 0 Å². The van der Waals surface area contributed by atoms with E-state index in [4.69, 9.17) is 4.74 Å². The molecule has 122 valence electrons. The van der Waals surface area contributed by atoms with Crippen LogP contribution in [0.1, 0.15) is 64.7 Å². The van der Waals surface area contributed by atoms with Gasteiger partial charge < -0.3 is 15.0 Å². The Bertz CT molecular complexity index is 308. The average Bonchev–Trinajstić information content (AvgIpc) is 2.90. The highest BCUT2D eigenvalue weighted by Gasteiger charge is 2.41. The summed E-state index contributed by atoms with van der Waals surface area (Å²) in [5.41, 5.74) is 0.286. The second kappa shape index (κ2) is 7.43. The first-order chi connectivity index (χ1) is 10.3. The molecule has 1 spiro atoms. The van der Waals surface area contributed by atoms with Gasteiger partial charge in [-0.1, -0.05) is 26.2 Å². The van der Waals surface area contributed by atoms with Crippen molar-refractivity contribution in [3.63, 3.8) is 0 Å². The van der Waals surface area contributed by atoms with E-state index in [0.29, 0.717) is 6.10 Å². The Labute approximate surface area is 130 Å². The van der Waals surface area contributed by atoms with Crippen LogP contribution in [0.3, 0.4) is 0 Å². The highest BCUT2D eigenvalue weighted by atomic mass is 16.5. The van der Waals surface area contributed by atoms with Gasteiger partial charge in [-0.3, -0.25) is 0 Å². The van der Waals surface area contributed by atoms with E-state index in [2.05, 4.69) is 17.1 Å². The highest BCUT2D eigenvalue weighted by molar-refractivity contribution is 4.92. The zero-order valence-electron chi connectivity index (χ0n) is 13.9. The first-order valence-corrected chi connectivity index (χ1v) is 9.40. The van der Waals surface area contributed by atoms with Crippen LogP contribution < -0.4 is 5.32 Å². The van der Waals surface area contributed by atoms with Gasteiger partial charge in [0.05, 0.1) is 11.7 Å². The average molecular weight is 294 g/mol. The molecule has 3 rings (SSSR count). The topological polar surface area (TPSA) is 24.5 Å². The van der Waals surface area contributed by atoms with E-state index < -0.39 is 0 Å². The zero-order valence-corrected chi connectivity index (χ0v) is 13.9. The van der Waals surface area contributed by atoms with Crippen LogP contribution in [-0.2, 0) is 4.74 Å². The van der Waals surface area contributed by atoms with Crippen molar-refractivity contribution in [3.05, 3.63) is 0 Å². The molecule has 0 radical (unpaired) electrons. The number of hydrogen-bond acceptors (Lipinski definition) is 3. The van der Waals surface area contributed by atoms with Crippen LogP contribution in [0.2, 0.25) is 0 Å². The van der Waals surface area contributed by atoms with Gasteiger partial charge in [-0.05, 0) is 64.1 Å². The normalized spacial score (nSPS) is 32.9. The van der Waals surface area contributed by atoms with Crippen molar-refractivity contribution >= 4 is 0 Å². The molecule has 1 N–H and O–H groups in total. The zero-order chi connectivity index (χ0) is 14.5.